The van der Waals surface area contributed by atoms with Crippen LogP contribution in [0.15, 0.2) is 83.9 Å². The predicted molar refractivity (Wildman–Crippen MR) is 125 cm³/mol. The van der Waals surface area contributed by atoms with Gasteiger partial charge in [0, 0.05) is 37.2 Å². The zero-order valence-electron chi connectivity index (χ0n) is 18.3. The molecule has 0 bridgehead atoms. The second-order valence-electron chi connectivity index (χ2n) is 8.25. The fourth-order valence-electron chi connectivity index (χ4n) is 4.28. The Bertz CT molecular complexity index is 1140. The van der Waals surface area contributed by atoms with Gasteiger partial charge in [0.2, 0.25) is 5.90 Å². The molecule has 33 heavy (non-hydrogen) atoms. The third kappa shape index (κ3) is 4.47. The molecule has 0 fully saturated rings. The lowest BCUT2D eigenvalue weighted by Crippen LogP contribution is -2.36. The summed E-state index contributed by atoms with van der Waals surface area (Å²) in [5, 5.41) is 8.90. The van der Waals surface area contributed by atoms with E-state index >= 15 is 0 Å². The van der Waals surface area contributed by atoms with E-state index in [2.05, 4.69) is 6.07 Å². The Morgan fingerprint density at radius 3 is 2.55 bits per heavy atom. The molecule has 2 aliphatic heterocycles. The van der Waals surface area contributed by atoms with E-state index < -0.39 is 12.1 Å². The summed E-state index contributed by atoms with van der Waals surface area (Å²) in [7, 11) is 0. The number of hydrogen-bond acceptors (Lipinski definition) is 5. The number of rotatable bonds is 7. The van der Waals surface area contributed by atoms with Crippen LogP contribution in [-0.2, 0) is 22.6 Å². The Morgan fingerprint density at radius 1 is 1.00 bits per heavy atom. The van der Waals surface area contributed by atoms with Crippen LogP contribution in [0.3, 0.4) is 0 Å². The van der Waals surface area contributed by atoms with Crippen molar-refractivity contribution in [3.05, 3.63) is 101 Å². The maximum Gasteiger partial charge on any atom is 0.252 e. The largest absolute Gasteiger partial charge is 0.494 e. The Balaban J connectivity index is 1.42. The molecule has 2 heterocycles. The van der Waals surface area contributed by atoms with Gasteiger partial charge in [0.1, 0.15) is 5.75 Å². The number of aliphatic hydroxyl groups excluding tert-OH is 1. The van der Waals surface area contributed by atoms with E-state index in [9.17, 15) is 4.79 Å². The van der Waals surface area contributed by atoms with Gasteiger partial charge in [0.25, 0.3) is 5.91 Å². The molecular weight excluding hydrogens is 416 g/mol. The van der Waals surface area contributed by atoms with Gasteiger partial charge in [-0.1, -0.05) is 54.6 Å². The lowest BCUT2D eigenvalue weighted by atomic mass is 9.99. The highest BCUT2D eigenvalue weighted by molar-refractivity contribution is 5.99. The number of fused-ring (bicyclic) bond motifs is 3. The zero-order valence-corrected chi connectivity index (χ0v) is 18.3. The molecule has 2 atom stereocenters. The number of carbonyl (C=O) groups excluding carboxylic acids is 1. The Labute approximate surface area is 193 Å². The summed E-state index contributed by atoms with van der Waals surface area (Å²) in [6.45, 7) is 1.62. The van der Waals surface area contributed by atoms with Crippen molar-refractivity contribution in [2.24, 2.45) is 4.99 Å². The van der Waals surface area contributed by atoms with Crippen LogP contribution in [0.1, 0.15) is 34.8 Å². The molecule has 168 valence electrons. The van der Waals surface area contributed by atoms with Crippen LogP contribution >= 0.6 is 0 Å². The summed E-state index contributed by atoms with van der Waals surface area (Å²) in [5.41, 5.74) is 3.98. The van der Waals surface area contributed by atoms with E-state index in [0.717, 1.165) is 28.0 Å². The van der Waals surface area contributed by atoms with Gasteiger partial charge < -0.3 is 19.5 Å². The molecule has 2 aliphatic rings. The van der Waals surface area contributed by atoms with E-state index in [4.69, 9.17) is 19.6 Å². The minimum absolute atomic E-state index is 0.0287. The number of aliphatic hydroxyl groups is 1. The molecule has 5 rings (SSSR count). The van der Waals surface area contributed by atoms with Crippen molar-refractivity contribution >= 4 is 11.8 Å². The van der Waals surface area contributed by atoms with Gasteiger partial charge in [0.05, 0.1) is 6.61 Å². The third-order valence-corrected chi connectivity index (χ3v) is 5.96. The van der Waals surface area contributed by atoms with Crippen molar-refractivity contribution in [1.82, 2.24) is 4.90 Å². The molecule has 0 aromatic heterocycles. The predicted octanol–water partition coefficient (Wildman–Crippen LogP) is 3.88. The van der Waals surface area contributed by atoms with Gasteiger partial charge in [-0.05, 0) is 35.4 Å². The molecule has 3 aromatic rings. The summed E-state index contributed by atoms with van der Waals surface area (Å²) in [6, 6.07) is 24.9. The maximum atomic E-state index is 13.6. The number of benzene rings is 3. The molecule has 6 nitrogen and oxygen atoms in total. The van der Waals surface area contributed by atoms with Crippen LogP contribution in [-0.4, -0.2) is 41.1 Å². The SMILES string of the molecule is O=C1[C@@H]2N=C(c3ccc(OCCCO)cc3)O[C@H]2c2ccccc2CN1Cc1ccccc1. The molecule has 6 heteroatoms. The average Bonchev–Trinajstić information content (AvgIpc) is 3.26. The number of aliphatic imine (C=N–C) groups is 1. The van der Waals surface area contributed by atoms with Crippen LogP contribution in [0, 0.1) is 0 Å². The molecular formula is C27H26N2O4. The van der Waals surface area contributed by atoms with Gasteiger partial charge >= 0.3 is 0 Å². The topological polar surface area (TPSA) is 71.4 Å². The Hall–Kier alpha value is -3.64. The van der Waals surface area contributed by atoms with Gasteiger partial charge in [0.15, 0.2) is 12.1 Å². The van der Waals surface area contributed by atoms with E-state index in [1.165, 1.54) is 0 Å². The number of amides is 1. The van der Waals surface area contributed by atoms with E-state index in [-0.39, 0.29) is 12.5 Å². The fraction of sp³-hybridized carbons (Fsp3) is 0.259. The number of nitrogens with zero attached hydrogens (tertiary/aromatic N) is 2. The van der Waals surface area contributed by atoms with Gasteiger partial charge in [-0.25, -0.2) is 4.99 Å². The van der Waals surface area contributed by atoms with Gasteiger partial charge in [-0.2, -0.15) is 0 Å². The van der Waals surface area contributed by atoms with Gasteiger partial charge in [-0.15, -0.1) is 0 Å². The molecule has 3 aromatic carbocycles. The third-order valence-electron chi connectivity index (χ3n) is 5.96. The summed E-state index contributed by atoms with van der Waals surface area (Å²) in [4.78, 5) is 20.2. The van der Waals surface area contributed by atoms with Crippen LogP contribution in [0.4, 0.5) is 0 Å². The first-order chi connectivity index (χ1) is 16.2. The first kappa shape index (κ1) is 21.2. The van der Waals surface area contributed by atoms with E-state index in [0.29, 0.717) is 32.0 Å². The molecule has 1 amide bonds. The molecule has 0 saturated carbocycles. The summed E-state index contributed by atoms with van der Waals surface area (Å²) in [5.74, 6) is 1.16. The zero-order chi connectivity index (χ0) is 22.6. The number of carbonyl (C=O) groups is 1. The van der Waals surface area contributed by atoms with Crippen molar-refractivity contribution in [1.29, 1.82) is 0 Å². The van der Waals surface area contributed by atoms with Gasteiger partial charge in [-0.3, -0.25) is 4.79 Å². The van der Waals surface area contributed by atoms with Crippen molar-refractivity contribution in [2.75, 3.05) is 13.2 Å². The number of ether oxygens (including phenoxy) is 2. The smallest absolute Gasteiger partial charge is 0.252 e. The normalized spacial score (nSPS) is 19.2. The average molecular weight is 443 g/mol. The Kier molecular flexibility index (Phi) is 6.09. The Morgan fingerprint density at radius 2 is 1.76 bits per heavy atom. The van der Waals surface area contributed by atoms with Crippen LogP contribution < -0.4 is 4.74 Å². The summed E-state index contributed by atoms with van der Waals surface area (Å²) in [6.07, 6.45) is 0.145. The molecule has 0 spiro atoms. The highest BCUT2D eigenvalue weighted by Crippen LogP contribution is 2.37. The summed E-state index contributed by atoms with van der Waals surface area (Å²) >= 11 is 0. The second kappa shape index (κ2) is 9.46. The molecule has 0 unspecified atom stereocenters. The highest BCUT2D eigenvalue weighted by atomic mass is 16.5. The fourth-order valence-corrected chi connectivity index (χ4v) is 4.28. The molecule has 0 radical (unpaired) electrons. The molecule has 0 saturated heterocycles. The molecule has 1 N–H and O–H groups in total. The van der Waals surface area contributed by atoms with Crippen molar-refractivity contribution in [3.63, 3.8) is 0 Å². The van der Waals surface area contributed by atoms with Crippen LogP contribution in [0.25, 0.3) is 0 Å². The lowest BCUT2D eigenvalue weighted by Gasteiger charge is -2.22. The van der Waals surface area contributed by atoms with E-state index in [1.54, 1.807) is 0 Å². The van der Waals surface area contributed by atoms with E-state index in [1.807, 2.05) is 77.7 Å². The first-order valence-corrected chi connectivity index (χ1v) is 11.2. The second-order valence-corrected chi connectivity index (χ2v) is 8.25. The molecule has 0 aliphatic carbocycles. The maximum absolute atomic E-state index is 13.6. The standard InChI is InChI=1S/C27H26N2O4/c30-15-6-16-32-22-13-11-20(12-14-22)26-28-24-25(33-26)23-10-5-4-9-21(23)18-29(27(24)31)17-19-7-2-1-3-8-19/h1-5,7-14,24-25,30H,6,15-18H2/t24-,25+/m1/s1. The first-order valence-electron chi connectivity index (χ1n) is 11.2. The monoisotopic (exact) mass is 442 g/mol. The lowest BCUT2D eigenvalue weighted by molar-refractivity contribution is -0.134. The number of hydrogen-bond donors (Lipinski definition) is 1. The van der Waals surface area contributed by atoms with Crippen molar-refractivity contribution in [3.8, 4) is 5.75 Å². The minimum atomic E-state index is -0.618. The van der Waals surface area contributed by atoms with Crippen LogP contribution in [0.5, 0.6) is 5.75 Å². The highest BCUT2D eigenvalue weighted by Gasteiger charge is 2.43. The summed E-state index contributed by atoms with van der Waals surface area (Å²) < 4.78 is 11.9. The van der Waals surface area contributed by atoms with Crippen molar-refractivity contribution < 1.29 is 19.4 Å². The quantitative estimate of drug-likeness (QED) is 0.564. The minimum Gasteiger partial charge on any atom is -0.494 e. The van der Waals surface area contributed by atoms with Crippen molar-refractivity contribution in [2.45, 2.75) is 31.7 Å². The van der Waals surface area contributed by atoms with Crippen LogP contribution in [0.2, 0.25) is 0 Å².